The number of nitrogens with zero attached hydrogens (tertiary/aromatic N) is 1. The SMILES string of the molecule is CCCC(CC1CCCCC1)C(=O)N1CCC(CNCC)CC1.Cl. The fourth-order valence-electron chi connectivity index (χ4n) is 4.48. The minimum atomic E-state index is 0. The molecule has 1 N–H and O–H groups in total. The summed E-state index contributed by atoms with van der Waals surface area (Å²) in [4.78, 5) is 15.2. The molecule has 2 rings (SSSR count). The first-order valence-corrected chi connectivity index (χ1v) is 10.2. The van der Waals surface area contributed by atoms with Crippen LogP contribution in [0.4, 0.5) is 0 Å². The molecule has 3 nitrogen and oxygen atoms in total. The minimum Gasteiger partial charge on any atom is -0.342 e. The van der Waals surface area contributed by atoms with E-state index in [9.17, 15) is 4.79 Å². The van der Waals surface area contributed by atoms with E-state index in [1.807, 2.05) is 0 Å². The highest BCUT2D eigenvalue weighted by atomic mass is 35.5. The Morgan fingerprint density at radius 1 is 1.04 bits per heavy atom. The van der Waals surface area contributed by atoms with Crippen LogP contribution in [0.2, 0.25) is 0 Å². The number of rotatable bonds is 8. The van der Waals surface area contributed by atoms with E-state index < -0.39 is 0 Å². The molecule has 1 heterocycles. The molecule has 0 bridgehead atoms. The number of hydrogen-bond donors (Lipinski definition) is 1. The quantitative estimate of drug-likeness (QED) is 0.685. The van der Waals surface area contributed by atoms with Crippen molar-refractivity contribution in [2.45, 2.75) is 78.1 Å². The Bertz CT molecular complexity index is 337. The van der Waals surface area contributed by atoms with Gasteiger partial charge >= 0.3 is 0 Å². The lowest BCUT2D eigenvalue weighted by Crippen LogP contribution is -2.43. The largest absolute Gasteiger partial charge is 0.342 e. The molecule has 1 amide bonds. The van der Waals surface area contributed by atoms with Crippen LogP contribution < -0.4 is 5.32 Å². The predicted molar refractivity (Wildman–Crippen MR) is 105 cm³/mol. The van der Waals surface area contributed by atoms with Gasteiger partial charge in [0.25, 0.3) is 0 Å². The van der Waals surface area contributed by atoms with Crippen molar-refractivity contribution in [2.75, 3.05) is 26.2 Å². The minimum absolute atomic E-state index is 0. The molecule has 1 atom stereocenters. The van der Waals surface area contributed by atoms with E-state index in [0.717, 1.165) is 57.3 Å². The summed E-state index contributed by atoms with van der Waals surface area (Å²) in [6.45, 7) is 8.54. The van der Waals surface area contributed by atoms with Crippen molar-refractivity contribution in [3.63, 3.8) is 0 Å². The van der Waals surface area contributed by atoms with Crippen LogP contribution in [0.1, 0.15) is 78.1 Å². The molecule has 4 heteroatoms. The van der Waals surface area contributed by atoms with Crippen LogP contribution in [0.5, 0.6) is 0 Å². The van der Waals surface area contributed by atoms with Gasteiger partial charge < -0.3 is 10.2 Å². The number of halogens is 1. The van der Waals surface area contributed by atoms with Crippen molar-refractivity contribution < 1.29 is 4.79 Å². The molecular weight excluding hydrogens is 320 g/mol. The van der Waals surface area contributed by atoms with Gasteiger partial charge in [-0.05, 0) is 50.6 Å². The number of carbonyl (C=O) groups excluding carboxylic acids is 1. The molecule has 142 valence electrons. The van der Waals surface area contributed by atoms with Crippen molar-refractivity contribution in [2.24, 2.45) is 17.8 Å². The zero-order chi connectivity index (χ0) is 16.5. The van der Waals surface area contributed by atoms with Gasteiger partial charge in [-0.2, -0.15) is 0 Å². The van der Waals surface area contributed by atoms with E-state index in [0.29, 0.717) is 11.8 Å². The van der Waals surface area contributed by atoms with Gasteiger partial charge in [-0.3, -0.25) is 4.79 Å². The van der Waals surface area contributed by atoms with Gasteiger partial charge in [0.15, 0.2) is 0 Å². The Hall–Kier alpha value is -0.280. The molecule has 24 heavy (non-hydrogen) atoms. The summed E-state index contributed by atoms with van der Waals surface area (Å²) in [6.07, 6.45) is 12.6. The molecule has 2 aliphatic rings. The zero-order valence-corrected chi connectivity index (χ0v) is 16.7. The second-order valence-electron chi connectivity index (χ2n) is 7.80. The first-order valence-electron chi connectivity index (χ1n) is 10.2. The molecule has 2 fully saturated rings. The number of piperidine rings is 1. The lowest BCUT2D eigenvalue weighted by Gasteiger charge is -2.35. The topological polar surface area (TPSA) is 32.3 Å². The molecule has 1 saturated heterocycles. The normalized spacial score (nSPS) is 21.3. The highest BCUT2D eigenvalue weighted by molar-refractivity contribution is 5.85. The van der Waals surface area contributed by atoms with Crippen LogP contribution in [0, 0.1) is 17.8 Å². The summed E-state index contributed by atoms with van der Waals surface area (Å²) in [5.74, 6) is 2.35. The number of likely N-dealkylation sites (tertiary alicyclic amines) is 1. The van der Waals surface area contributed by atoms with Crippen molar-refractivity contribution in [1.82, 2.24) is 10.2 Å². The molecule has 0 aromatic heterocycles. The van der Waals surface area contributed by atoms with Gasteiger partial charge in [-0.15, -0.1) is 12.4 Å². The second kappa shape index (κ2) is 12.1. The summed E-state index contributed by atoms with van der Waals surface area (Å²) in [5.41, 5.74) is 0. The maximum atomic E-state index is 13.0. The average Bonchev–Trinajstić information content (AvgIpc) is 2.60. The molecular formula is C20H39ClN2O. The molecule has 1 aliphatic carbocycles. The number of amides is 1. The van der Waals surface area contributed by atoms with Gasteiger partial charge in [0.05, 0.1) is 0 Å². The Labute approximate surface area is 155 Å². The zero-order valence-electron chi connectivity index (χ0n) is 15.9. The van der Waals surface area contributed by atoms with Crippen molar-refractivity contribution in [3.8, 4) is 0 Å². The summed E-state index contributed by atoms with van der Waals surface area (Å²) in [6, 6.07) is 0. The lowest BCUT2D eigenvalue weighted by atomic mass is 9.81. The fraction of sp³-hybridized carbons (Fsp3) is 0.950. The van der Waals surface area contributed by atoms with Gasteiger partial charge in [-0.1, -0.05) is 52.4 Å². The smallest absolute Gasteiger partial charge is 0.225 e. The third-order valence-electron chi connectivity index (χ3n) is 5.94. The lowest BCUT2D eigenvalue weighted by molar-refractivity contribution is -0.138. The molecule has 0 spiro atoms. The Morgan fingerprint density at radius 2 is 1.71 bits per heavy atom. The fourth-order valence-corrected chi connectivity index (χ4v) is 4.48. The molecule has 0 aromatic rings. The van der Waals surface area contributed by atoms with Gasteiger partial charge in [0.2, 0.25) is 5.91 Å². The van der Waals surface area contributed by atoms with Crippen LogP contribution in [0.25, 0.3) is 0 Å². The summed E-state index contributed by atoms with van der Waals surface area (Å²) in [5, 5.41) is 3.46. The van der Waals surface area contributed by atoms with E-state index in [1.165, 1.54) is 44.9 Å². The Morgan fingerprint density at radius 3 is 2.29 bits per heavy atom. The van der Waals surface area contributed by atoms with Crippen LogP contribution in [0.15, 0.2) is 0 Å². The third-order valence-corrected chi connectivity index (χ3v) is 5.94. The maximum absolute atomic E-state index is 13.0. The molecule has 1 unspecified atom stereocenters. The van der Waals surface area contributed by atoms with E-state index in [1.54, 1.807) is 0 Å². The van der Waals surface area contributed by atoms with E-state index in [2.05, 4.69) is 24.1 Å². The predicted octanol–water partition coefficient (Wildman–Crippen LogP) is 4.64. The first kappa shape index (κ1) is 21.8. The third kappa shape index (κ3) is 6.92. The summed E-state index contributed by atoms with van der Waals surface area (Å²) in [7, 11) is 0. The monoisotopic (exact) mass is 358 g/mol. The highest BCUT2D eigenvalue weighted by Crippen LogP contribution is 2.32. The van der Waals surface area contributed by atoms with E-state index >= 15 is 0 Å². The average molecular weight is 359 g/mol. The van der Waals surface area contributed by atoms with Crippen molar-refractivity contribution in [1.29, 1.82) is 0 Å². The van der Waals surface area contributed by atoms with E-state index in [4.69, 9.17) is 0 Å². The van der Waals surface area contributed by atoms with Crippen LogP contribution in [0.3, 0.4) is 0 Å². The van der Waals surface area contributed by atoms with Crippen molar-refractivity contribution >= 4 is 18.3 Å². The number of nitrogens with one attached hydrogen (secondary N) is 1. The number of carbonyl (C=O) groups is 1. The second-order valence-corrected chi connectivity index (χ2v) is 7.80. The van der Waals surface area contributed by atoms with Crippen LogP contribution >= 0.6 is 12.4 Å². The van der Waals surface area contributed by atoms with E-state index in [-0.39, 0.29) is 12.4 Å². The van der Waals surface area contributed by atoms with Crippen LogP contribution in [-0.4, -0.2) is 37.0 Å². The number of hydrogen-bond acceptors (Lipinski definition) is 2. The highest BCUT2D eigenvalue weighted by Gasteiger charge is 2.29. The maximum Gasteiger partial charge on any atom is 0.225 e. The molecule has 1 aliphatic heterocycles. The standard InChI is InChI=1S/C20H38N2O.ClH/c1-3-8-19(15-17-9-6-5-7-10-17)20(23)22-13-11-18(12-14-22)16-21-4-2;/h17-19,21H,3-16H2,1-2H3;1H. The first-order chi connectivity index (χ1) is 11.2. The molecule has 0 aromatic carbocycles. The molecule has 1 saturated carbocycles. The Balaban J connectivity index is 0.00000288. The van der Waals surface area contributed by atoms with Gasteiger partial charge in [0, 0.05) is 19.0 Å². The van der Waals surface area contributed by atoms with Gasteiger partial charge in [0.1, 0.15) is 0 Å². The molecule has 0 radical (unpaired) electrons. The summed E-state index contributed by atoms with van der Waals surface area (Å²) >= 11 is 0. The van der Waals surface area contributed by atoms with Gasteiger partial charge in [-0.25, -0.2) is 0 Å². The summed E-state index contributed by atoms with van der Waals surface area (Å²) < 4.78 is 0. The Kier molecular flexibility index (Phi) is 11.0. The van der Waals surface area contributed by atoms with Crippen LogP contribution in [-0.2, 0) is 4.79 Å². The van der Waals surface area contributed by atoms with Crippen molar-refractivity contribution in [3.05, 3.63) is 0 Å².